The van der Waals surface area contributed by atoms with Gasteiger partial charge in [-0.2, -0.15) is 0 Å². The Kier molecular flexibility index (Phi) is 4.87. The number of guanidine groups is 1. The van der Waals surface area contributed by atoms with Crippen molar-refractivity contribution in [2.75, 3.05) is 26.7 Å². The molecule has 4 heteroatoms. The zero-order valence-electron chi connectivity index (χ0n) is 12.1. The van der Waals surface area contributed by atoms with Gasteiger partial charge >= 0.3 is 0 Å². The number of hydrogen-bond acceptors (Lipinski definition) is 2. The normalized spacial score (nSPS) is 20.6. The van der Waals surface area contributed by atoms with Crippen LogP contribution in [-0.2, 0) is 0 Å². The molecule has 2 saturated carbocycles. The van der Waals surface area contributed by atoms with Gasteiger partial charge in [-0.1, -0.05) is 0 Å². The molecule has 2 rings (SSSR count). The van der Waals surface area contributed by atoms with E-state index in [9.17, 15) is 0 Å². The van der Waals surface area contributed by atoms with Crippen molar-refractivity contribution in [3.63, 3.8) is 0 Å². The van der Waals surface area contributed by atoms with Crippen LogP contribution in [0.3, 0.4) is 0 Å². The molecule has 18 heavy (non-hydrogen) atoms. The average Bonchev–Trinajstić information content (AvgIpc) is 3.16. The van der Waals surface area contributed by atoms with Crippen LogP contribution >= 0.6 is 0 Å². The van der Waals surface area contributed by atoms with Gasteiger partial charge in [-0.3, -0.25) is 9.89 Å². The summed E-state index contributed by atoms with van der Waals surface area (Å²) in [4.78, 5) is 6.91. The van der Waals surface area contributed by atoms with Crippen LogP contribution in [0.15, 0.2) is 4.99 Å². The quantitative estimate of drug-likeness (QED) is 0.532. The zero-order chi connectivity index (χ0) is 13.0. The summed E-state index contributed by atoms with van der Waals surface area (Å²) in [5.74, 6) is 1.92. The lowest BCUT2D eigenvalue weighted by Crippen LogP contribution is -2.44. The molecule has 2 N–H and O–H groups in total. The lowest BCUT2D eigenvalue weighted by molar-refractivity contribution is 0.256. The summed E-state index contributed by atoms with van der Waals surface area (Å²) >= 11 is 0. The van der Waals surface area contributed by atoms with E-state index in [0.29, 0.717) is 6.04 Å². The fraction of sp³-hybridized carbons (Fsp3) is 0.929. The maximum absolute atomic E-state index is 4.23. The number of nitrogens with zero attached hydrogens (tertiary/aromatic N) is 2. The second-order valence-corrected chi connectivity index (χ2v) is 5.97. The summed E-state index contributed by atoms with van der Waals surface area (Å²) in [6.07, 6.45) is 5.72. The Morgan fingerprint density at radius 1 is 1.28 bits per heavy atom. The van der Waals surface area contributed by atoms with Gasteiger partial charge in [0.25, 0.3) is 0 Å². The smallest absolute Gasteiger partial charge is 0.191 e. The molecule has 0 aliphatic heterocycles. The first-order chi connectivity index (χ1) is 8.69. The Labute approximate surface area is 111 Å². The molecule has 0 atom stereocenters. The van der Waals surface area contributed by atoms with E-state index in [-0.39, 0.29) is 0 Å². The molecule has 2 fully saturated rings. The second-order valence-electron chi connectivity index (χ2n) is 5.97. The second kappa shape index (κ2) is 6.41. The molecular weight excluding hydrogens is 224 g/mol. The Hall–Kier alpha value is -0.770. The zero-order valence-corrected chi connectivity index (χ0v) is 12.1. The molecule has 104 valence electrons. The summed E-state index contributed by atoms with van der Waals surface area (Å²) in [7, 11) is 1.83. The monoisotopic (exact) mass is 252 g/mol. The standard InChI is InChI=1S/C14H28N4/c1-11(2)17-14(15-3)16-8-9-18(13-6-7-13)10-12-4-5-12/h11-13H,4-10H2,1-3H3,(H2,15,16,17). The summed E-state index contributed by atoms with van der Waals surface area (Å²) in [6.45, 7) is 7.74. The molecule has 4 nitrogen and oxygen atoms in total. The van der Waals surface area contributed by atoms with Crippen LogP contribution in [-0.4, -0.2) is 49.6 Å². The van der Waals surface area contributed by atoms with E-state index in [4.69, 9.17) is 0 Å². The molecule has 2 aliphatic carbocycles. The third-order valence-electron chi connectivity index (χ3n) is 3.59. The fourth-order valence-corrected chi connectivity index (χ4v) is 2.28. The van der Waals surface area contributed by atoms with Gasteiger partial charge < -0.3 is 10.6 Å². The SMILES string of the molecule is CN=C(NCCN(CC1CC1)C1CC1)NC(C)C. The highest BCUT2D eigenvalue weighted by atomic mass is 15.2. The van der Waals surface area contributed by atoms with E-state index in [0.717, 1.165) is 31.0 Å². The van der Waals surface area contributed by atoms with Gasteiger partial charge in [0.1, 0.15) is 0 Å². The molecule has 0 spiro atoms. The topological polar surface area (TPSA) is 39.7 Å². The summed E-state index contributed by atoms with van der Waals surface area (Å²) in [6, 6.07) is 1.31. The van der Waals surface area contributed by atoms with E-state index in [1.54, 1.807) is 0 Å². The van der Waals surface area contributed by atoms with E-state index < -0.39 is 0 Å². The van der Waals surface area contributed by atoms with Crippen LogP contribution in [0, 0.1) is 5.92 Å². The van der Waals surface area contributed by atoms with Crippen molar-refractivity contribution in [1.29, 1.82) is 0 Å². The maximum atomic E-state index is 4.23. The third-order valence-corrected chi connectivity index (χ3v) is 3.59. The predicted octanol–water partition coefficient (Wildman–Crippen LogP) is 1.43. The van der Waals surface area contributed by atoms with Crippen molar-refractivity contribution in [3.05, 3.63) is 0 Å². The van der Waals surface area contributed by atoms with E-state index in [2.05, 4.69) is 34.4 Å². The van der Waals surface area contributed by atoms with Crippen molar-refractivity contribution in [2.24, 2.45) is 10.9 Å². The highest BCUT2D eigenvalue weighted by Crippen LogP contribution is 2.34. The molecule has 0 aromatic heterocycles. The fourth-order valence-electron chi connectivity index (χ4n) is 2.28. The number of aliphatic imine (C=N–C) groups is 1. The highest BCUT2D eigenvalue weighted by molar-refractivity contribution is 5.79. The minimum absolute atomic E-state index is 0.433. The first-order valence-electron chi connectivity index (χ1n) is 7.40. The minimum Gasteiger partial charge on any atom is -0.355 e. The molecule has 0 unspecified atom stereocenters. The largest absolute Gasteiger partial charge is 0.355 e. The Bertz CT molecular complexity index is 280. The first-order valence-corrected chi connectivity index (χ1v) is 7.40. The van der Waals surface area contributed by atoms with Gasteiger partial charge in [0, 0.05) is 38.8 Å². The molecule has 0 heterocycles. The Morgan fingerprint density at radius 2 is 2.00 bits per heavy atom. The van der Waals surface area contributed by atoms with Crippen LogP contribution in [0.1, 0.15) is 39.5 Å². The van der Waals surface area contributed by atoms with Crippen molar-refractivity contribution in [2.45, 2.75) is 51.6 Å². The molecule has 2 aliphatic rings. The molecule has 0 radical (unpaired) electrons. The molecule has 0 amide bonds. The molecule has 0 saturated heterocycles. The number of nitrogens with one attached hydrogen (secondary N) is 2. The molecule has 0 aromatic rings. The maximum Gasteiger partial charge on any atom is 0.191 e. The third kappa shape index (κ3) is 4.84. The van der Waals surface area contributed by atoms with E-state index in [1.165, 1.54) is 32.2 Å². The summed E-state index contributed by atoms with van der Waals surface area (Å²) in [5.41, 5.74) is 0. The van der Waals surface area contributed by atoms with Gasteiger partial charge in [-0.15, -0.1) is 0 Å². The van der Waals surface area contributed by atoms with Gasteiger partial charge in [-0.25, -0.2) is 0 Å². The Balaban J connectivity index is 1.65. The van der Waals surface area contributed by atoms with Crippen molar-refractivity contribution in [1.82, 2.24) is 15.5 Å². The van der Waals surface area contributed by atoms with Gasteiger partial charge in [0.05, 0.1) is 0 Å². The van der Waals surface area contributed by atoms with Gasteiger partial charge in [-0.05, 0) is 45.4 Å². The van der Waals surface area contributed by atoms with E-state index in [1.807, 2.05) is 7.05 Å². The van der Waals surface area contributed by atoms with Crippen LogP contribution < -0.4 is 10.6 Å². The van der Waals surface area contributed by atoms with Gasteiger partial charge in [0.15, 0.2) is 5.96 Å². The van der Waals surface area contributed by atoms with Crippen molar-refractivity contribution in [3.8, 4) is 0 Å². The van der Waals surface area contributed by atoms with Crippen molar-refractivity contribution < 1.29 is 0 Å². The average molecular weight is 252 g/mol. The summed E-state index contributed by atoms with van der Waals surface area (Å²) < 4.78 is 0. The number of hydrogen-bond donors (Lipinski definition) is 2. The van der Waals surface area contributed by atoms with Gasteiger partial charge in [0.2, 0.25) is 0 Å². The number of rotatable bonds is 7. The van der Waals surface area contributed by atoms with Crippen LogP contribution in [0.4, 0.5) is 0 Å². The summed E-state index contributed by atoms with van der Waals surface area (Å²) in [5, 5.41) is 6.73. The van der Waals surface area contributed by atoms with Crippen LogP contribution in [0.5, 0.6) is 0 Å². The lowest BCUT2D eigenvalue weighted by Gasteiger charge is -2.23. The molecule has 0 bridgehead atoms. The predicted molar refractivity (Wildman–Crippen MR) is 77.0 cm³/mol. The van der Waals surface area contributed by atoms with Crippen molar-refractivity contribution >= 4 is 5.96 Å². The van der Waals surface area contributed by atoms with E-state index >= 15 is 0 Å². The Morgan fingerprint density at radius 3 is 2.50 bits per heavy atom. The molecular formula is C14H28N4. The van der Waals surface area contributed by atoms with Crippen LogP contribution in [0.25, 0.3) is 0 Å². The first kappa shape index (κ1) is 13.7. The molecule has 0 aromatic carbocycles. The lowest BCUT2D eigenvalue weighted by atomic mass is 10.3. The van der Waals surface area contributed by atoms with Crippen LogP contribution in [0.2, 0.25) is 0 Å². The minimum atomic E-state index is 0.433. The highest BCUT2D eigenvalue weighted by Gasteiger charge is 2.33.